The minimum absolute atomic E-state index is 0.146. The molecule has 0 aromatic carbocycles. The maximum atomic E-state index is 8.88. The van der Waals surface area contributed by atoms with Crippen molar-refractivity contribution in [3.63, 3.8) is 0 Å². The number of aliphatic hydroxyl groups is 1. The van der Waals surface area contributed by atoms with Gasteiger partial charge in [-0.2, -0.15) is 0 Å². The summed E-state index contributed by atoms with van der Waals surface area (Å²) in [6.45, 7) is 0.210. The monoisotopic (exact) mass is 156 g/mol. The van der Waals surface area contributed by atoms with E-state index in [1.165, 1.54) is 32.1 Å². The van der Waals surface area contributed by atoms with Crippen molar-refractivity contribution in [1.29, 1.82) is 0 Å². The van der Waals surface area contributed by atoms with E-state index in [0.717, 1.165) is 6.42 Å². The van der Waals surface area contributed by atoms with Crippen molar-refractivity contribution in [2.75, 3.05) is 6.61 Å². The maximum absolute atomic E-state index is 8.88. The molecule has 2 aliphatic rings. The Morgan fingerprint density at radius 3 is 2.55 bits per heavy atom. The normalized spacial score (nSPS) is 35.2. The molecule has 1 spiro atoms. The van der Waals surface area contributed by atoms with Gasteiger partial charge in [-0.05, 0) is 25.7 Å². The van der Waals surface area contributed by atoms with E-state index >= 15 is 0 Å². The van der Waals surface area contributed by atoms with E-state index in [-0.39, 0.29) is 18.3 Å². The highest BCUT2D eigenvalue weighted by molar-refractivity contribution is 4.92. The van der Waals surface area contributed by atoms with Crippen molar-refractivity contribution in [1.82, 2.24) is 0 Å². The van der Waals surface area contributed by atoms with Crippen LogP contribution < -0.4 is 0 Å². The van der Waals surface area contributed by atoms with Gasteiger partial charge < -0.3 is 9.84 Å². The van der Waals surface area contributed by atoms with Crippen LogP contribution in [0.1, 0.15) is 38.5 Å². The number of hydrogen-bond donors (Lipinski definition) is 1. The van der Waals surface area contributed by atoms with Crippen LogP contribution in [0.25, 0.3) is 0 Å². The first kappa shape index (κ1) is 7.56. The lowest BCUT2D eigenvalue weighted by Crippen LogP contribution is -2.25. The van der Waals surface area contributed by atoms with E-state index in [9.17, 15) is 0 Å². The molecule has 1 N–H and O–H groups in total. The number of rotatable bonds is 1. The smallest absolute Gasteiger partial charge is 0.0814 e. The Hall–Kier alpha value is -0.0800. The average Bonchev–Trinajstić information content (AvgIpc) is 2.62. The van der Waals surface area contributed by atoms with Gasteiger partial charge in [-0.25, -0.2) is 0 Å². The van der Waals surface area contributed by atoms with Crippen molar-refractivity contribution in [3.8, 4) is 0 Å². The fourth-order valence-electron chi connectivity index (χ4n) is 2.41. The molecular formula is C9H16O2. The van der Waals surface area contributed by atoms with Gasteiger partial charge in [0.25, 0.3) is 0 Å². The number of ether oxygens (including phenoxy) is 1. The Labute approximate surface area is 67.6 Å². The van der Waals surface area contributed by atoms with E-state index < -0.39 is 0 Å². The molecule has 0 aromatic heterocycles. The van der Waals surface area contributed by atoms with Gasteiger partial charge >= 0.3 is 0 Å². The molecule has 0 unspecified atom stereocenters. The zero-order valence-electron chi connectivity index (χ0n) is 6.88. The summed E-state index contributed by atoms with van der Waals surface area (Å²) >= 11 is 0. The molecule has 1 heterocycles. The van der Waals surface area contributed by atoms with Gasteiger partial charge in [0.1, 0.15) is 0 Å². The summed E-state index contributed by atoms with van der Waals surface area (Å²) in [4.78, 5) is 0. The van der Waals surface area contributed by atoms with Crippen LogP contribution in [0, 0.1) is 0 Å². The molecule has 1 saturated heterocycles. The molecule has 1 atom stereocenters. The van der Waals surface area contributed by atoms with Gasteiger partial charge in [0.05, 0.1) is 18.3 Å². The first-order chi connectivity index (χ1) is 5.35. The van der Waals surface area contributed by atoms with Gasteiger partial charge in [-0.1, -0.05) is 12.8 Å². The summed E-state index contributed by atoms with van der Waals surface area (Å²) in [7, 11) is 0. The zero-order valence-corrected chi connectivity index (χ0v) is 6.88. The zero-order chi connectivity index (χ0) is 7.73. The second-order valence-electron chi connectivity index (χ2n) is 3.85. The molecule has 0 radical (unpaired) electrons. The largest absolute Gasteiger partial charge is 0.394 e. The van der Waals surface area contributed by atoms with Crippen LogP contribution in [0.4, 0.5) is 0 Å². The van der Waals surface area contributed by atoms with Gasteiger partial charge in [-0.15, -0.1) is 0 Å². The third kappa shape index (κ3) is 1.30. The SMILES string of the molecule is OC[C@H]1CCC2(CCCC2)O1. The standard InChI is InChI=1S/C9H16O2/c10-7-8-3-6-9(11-8)4-1-2-5-9/h8,10H,1-7H2/t8-/m1/s1. The number of aliphatic hydroxyl groups excluding tert-OH is 1. The van der Waals surface area contributed by atoms with Crippen molar-refractivity contribution in [3.05, 3.63) is 0 Å². The van der Waals surface area contributed by atoms with Crippen LogP contribution in [0.5, 0.6) is 0 Å². The van der Waals surface area contributed by atoms with Gasteiger partial charge in [0, 0.05) is 0 Å². The van der Waals surface area contributed by atoms with Crippen LogP contribution >= 0.6 is 0 Å². The quantitative estimate of drug-likeness (QED) is 0.623. The molecule has 0 aromatic rings. The summed E-state index contributed by atoms with van der Waals surface area (Å²) in [6, 6.07) is 0. The molecule has 0 bridgehead atoms. The van der Waals surface area contributed by atoms with E-state index in [2.05, 4.69) is 0 Å². The molecule has 1 aliphatic carbocycles. The summed E-state index contributed by atoms with van der Waals surface area (Å²) in [5, 5.41) is 8.88. The number of hydrogen-bond acceptors (Lipinski definition) is 2. The third-order valence-electron chi connectivity index (χ3n) is 3.06. The minimum Gasteiger partial charge on any atom is -0.394 e. The predicted octanol–water partition coefficient (Wildman–Crippen LogP) is 1.47. The minimum atomic E-state index is 0.146. The molecule has 1 saturated carbocycles. The highest BCUT2D eigenvalue weighted by Gasteiger charge is 2.41. The molecular weight excluding hydrogens is 140 g/mol. The summed E-state index contributed by atoms with van der Waals surface area (Å²) in [5.41, 5.74) is 0.202. The Bertz CT molecular complexity index is 138. The summed E-state index contributed by atoms with van der Waals surface area (Å²) in [6.07, 6.45) is 7.48. The van der Waals surface area contributed by atoms with Crippen LogP contribution in [0.3, 0.4) is 0 Å². The molecule has 1 aliphatic heterocycles. The van der Waals surface area contributed by atoms with Crippen molar-refractivity contribution >= 4 is 0 Å². The van der Waals surface area contributed by atoms with Crippen LogP contribution in [0.2, 0.25) is 0 Å². The summed E-state index contributed by atoms with van der Waals surface area (Å²) < 4.78 is 5.81. The maximum Gasteiger partial charge on any atom is 0.0814 e. The van der Waals surface area contributed by atoms with Gasteiger partial charge in [-0.3, -0.25) is 0 Å². The fraction of sp³-hybridized carbons (Fsp3) is 1.00. The average molecular weight is 156 g/mol. The molecule has 2 fully saturated rings. The lowest BCUT2D eigenvalue weighted by atomic mass is 9.98. The van der Waals surface area contributed by atoms with Crippen molar-refractivity contribution in [2.45, 2.75) is 50.2 Å². The lowest BCUT2D eigenvalue weighted by molar-refractivity contribution is -0.0546. The van der Waals surface area contributed by atoms with Crippen molar-refractivity contribution < 1.29 is 9.84 Å². The van der Waals surface area contributed by atoms with E-state index in [1.807, 2.05) is 0 Å². The van der Waals surface area contributed by atoms with Crippen LogP contribution in [-0.4, -0.2) is 23.4 Å². The summed E-state index contributed by atoms with van der Waals surface area (Å²) in [5.74, 6) is 0. The van der Waals surface area contributed by atoms with Crippen LogP contribution in [0.15, 0.2) is 0 Å². The highest BCUT2D eigenvalue weighted by atomic mass is 16.5. The molecule has 11 heavy (non-hydrogen) atoms. The van der Waals surface area contributed by atoms with Crippen molar-refractivity contribution in [2.24, 2.45) is 0 Å². The Morgan fingerprint density at radius 2 is 2.00 bits per heavy atom. The van der Waals surface area contributed by atoms with Crippen LogP contribution in [-0.2, 0) is 4.74 Å². The Morgan fingerprint density at radius 1 is 1.27 bits per heavy atom. The highest BCUT2D eigenvalue weighted by Crippen LogP contribution is 2.42. The molecule has 64 valence electrons. The first-order valence-corrected chi connectivity index (χ1v) is 4.63. The van der Waals surface area contributed by atoms with Gasteiger partial charge in [0.2, 0.25) is 0 Å². The predicted molar refractivity (Wildman–Crippen MR) is 42.4 cm³/mol. The third-order valence-corrected chi connectivity index (χ3v) is 3.06. The second kappa shape index (κ2) is 2.76. The topological polar surface area (TPSA) is 29.5 Å². The Kier molecular flexibility index (Phi) is 1.90. The van der Waals surface area contributed by atoms with Gasteiger partial charge in [0.15, 0.2) is 0 Å². The molecule has 2 heteroatoms. The van der Waals surface area contributed by atoms with E-state index in [4.69, 9.17) is 9.84 Å². The fourth-order valence-corrected chi connectivity index (χ4v) is 2.41. The van der Waals surface area contributed by atoms with E-state index in [1.54, 1.807) is 0 Å². The second-order valence-corrected chi connectivity index (χ2v) is 3.85. The molecule has 2 nitrogen and oxygen atoms in total. The molecule has 2 rings (SSSR count). The lowest BCUT2D eigenvalue weighted by Gasteiger charge is -2.22. The molecule has 0 amide bonds. The first-order valence-electron chi connectivity index (χ1n) is 4.63. The van der Waals surface area contributed by atoms with E-state index in [0.29, 0.717) is 0 Å². The Balaban J connectivity index is 1.96.